The molecule has 2 nitrogen and oxygen atoms in total. The van der Waals surface area contributed by atoms with Crippen molar-refractivity contribution in [2.75, 3.05) is 18.8 Å². The average molecular weight is 162 g/mol. The molecular formula is C10H14N2. The van der Waals surface area contributed by atoms with Gasteiger partial charge in [-0.05, 0) is 30.5 Å². The summed E-state index contributed by atoms with van der Waals surface area (Å²) in [7, 11) is 0. The van der Waals surface area contributed by atoms with Crippen molar-refractivity contribution in [2.45, 2.75) is 12.3 Å². The Morgan fingerprint density at radius 2 is 2.17 bits per heavy atom. The Labute approximate surface area is 72.8 Å². The van der Waals surface area contributed by atoms with Crippen LogP contribution in [-0.2, 0) is 0 Å². The van der Waals surface area contributed by atoms with Crippen LogP contribution in [0.5, 0.6) is 0 Å². The summed E-state index contributed by atoms with van der Waals surface area (Å²) >= 11 is 0. The first-order valence-corrected chi connectivity index (χ1v) is 4.43. The molecule has 1 fully saturated rings. The minimum Gasteiger partial charge on any atom is -0.398 e. The van der Waals surface area contributed by atoms with Crippen LogP contribution in [0.15, 0.2) is 24.3 Å². The Hall–Kier alpha value is -1.02. The van der Waals surface area contributed by atoms with Crippen molar-refractivity contribution in [3.8, 4) is 0 Å². The number of benzene rings is 1. The lowest BCUT2D eigenvalue weighted by atomic mass is 9.97. The van der Waals surface area contributed by atoms with E-state index in [1.807, 2.05) is 12.1 Å². The second-order valence-electron chi connectivity index (χ2n) is 3.32. The smallest absolute Gasteiger partial charge is 0.0349 e. The van der Waals surface area contributed by atoms with Crippen LogP contribution in [0.1, 0.15) is 17.9 Å². The summed E-state index contributed by atoms with van der Waals surface area (Å²) < 4.78 is 0. The molecule has 0 aliphatic carbocycles. The van der Waals surface area contributed by atoms with Crippen LogP contribution < -0.4 is 11.1 Å². The van der Waals surface area contributed by atoms with E-state index in [1.54, 1.807) is 0 Å². The molecule has 0 amide bonds. The average Bonchev–Trinajstić information content (AvgIpc) is 2.57. The first-order chi connectivity index (χ1) is 5.88. The molecule has 0 saturated carbocycles. The van der Waals surface area contributed by atoms with Crippen LogP contribution in [0.25, 0.3) is 0 Å². The van der Waals surface area contributed by atoms with Gasteiger partial charge in [-0.1, -0.05) is 18.2 Å². The maximum Gasteiger partial charge on any atom is 0.0349 e. The SMILES string of the molecule is Nc1ccccc1C1CCNC1. The summed E-state index contributed by atoms with van der Waals surface area (Å²) in [6.45, 7) is 2.20. The molecule has 1 aromatic carbocycles. The Kier molecular flexibility index (Phi) is 2.00. The normalized spacial score (nSPS) is 22.8. The first-order valence-electron chi connectivity index (χ1n) is 4.43. The topological polar surface area (TPSA) is 38.0 Å². The largest absolute Gasteiger partial charge is 0.398 e. The number of hydrogen-bond acceptors (Lipinski definition) is 2. The van der Waals surface area contributed by atoms with Gasteiger partial charge in [0, 0.05) is 12.2 Å². The predicted octanol–water partition coefficient (Wildman–Crippen LogP) is 1.35. The van der Waals surface area contributed by atoms with Gasteiger partial charge in [-0.15, -0.1) is 0 Å². The Morgan fingerprint density at radius 1 is 1.33 bits per heavy atom. The fourth-order valence-electron chi connectivity index (χ4n) is 1.80. The van der Waals surface area contributed by atoms with Crippen LogP contribution >= 0.6 is 0 Å². The highest BCUT2D eigenvalue weighted by atomic mass is 14.9. The highest BCUT2D eigenvalue weighted by molar-refractivity contribution is 5.48. The molecule has 12 heavy (non-hydrogen) atoms. The van der Waals surface area contributed by atoms with E-state index in [0.29, 0.717) is 5.92 Å². The molecule has 0 bridgehead atoms. The number of para-hydroxylation sites is 1. The minimum atomic E-state index is 0.631. The second-order valence-corrected chi connectivity index (χ2v) is 3.32. The summed E-state index contributed by atoms with van der Waals surface area (Å²) in [5, 5.41) is 3.34. The third kappa shape index (κ3) is 1.30. The molecule has 64 valence electrons. The Bertz CT molecular complexity index is 264. The lowest BCUT2D eigenvalue weighted by Crippen LogP contribution is -2.09. The van der Waals surface area contributed by atoms with Gasteiger partial charge < -0.3 is 11.1 Å². The number of nitrogen functional groups attached to an aromatic ring is 1. The molecule has 2 heteroatoms. The zero-order valence-corrected chi connectivity index (χ0v) is 7.09. The lowest BCUT2D eigenvalue weighted by molar-refractivity contribution is 0.766. The van der Waals surface area contributed by atoms with Crippen LogP contribution in [0, 0.1) is 0 Å². The third-order valence-electron chi connectivity index (χ3n) is 2.50. The number of nitrogens with two attached hydrogens (primary N) is 1. The molecule has 1 heterocycles. The monoisotopic (exact) mass is 162 g/mol. The van der Waals surface area contributed by atoms with Crippen molar-refractivity contribution >= 4 is 5.69 Å². The van der Waals surface area contributed by atoms with Crippen LogP contribution in [0.4, 0.5) is 5.69 Å². The molecule has 2 rings (SSSR count). The van der Waals surface area contributed by atoms with Gasteiger partial charge >= 0.3 is 0 Å². The molecule has 1 atom stereocenters. The first kappa shape index (κ1) is 7.62. The molecule has 0 spiro atoms. The number of anilines is 1. The third-order valence-corrected chi connectivity index (χ3v) is 2.50. The maximum absolute atomic E-state index is 5.87. The van der Waals surface area contributed by atoms with Crippen molar-refractivity contribution in [3.63, 3.8) is 0 Å². The summed E-state index contributed by atoms with van der Waals surface area (Å²) in [4.78, 5) is 0. The Morgan fingerprint density at radius 3 is 2.83 bits per heavy atom. The molecular weight excluding hydrogens is 148 g/mol. The zero-order chi connectivity index (χ0) is 8.39. The Balaban J connectivity index is 2.26. The summed E-state index contributed by atoms with van der Waals surface area (Å²) in [6.07, 6.45) is 1.22. The van der Waals surface area contributed by atoms with E-state index in [1.165, 1.54) is 12.0 Å². The van der Waals surface area contributed by atoms with Gasteiger partial charge in [-0.3, -0.25) is 0 Å². The molecule has 0 aromatic heterocycles. The van der Waals surface area contributed by atoms with E-state index >= 15 is 0 Å². The molecule has 1 aliphatic heterocycles. The van der Waals surface area contributed by atoms with Crippen molar-refractivity contribution in [1.82, 2.24) is 5.32 Å². The van der Waals surface area contributed by atoms with Gasteiger partial charge in [0.1, 0.15) is 0 Å². The van der Waals surface area contributed by atoms with Gasteiger partial charge in [0.15, 0.2) is 0 Å². The lowest BCUT2D eigenvalue weighted by Gasteiger charge is -2.10. The van der Waals surface area contributed by atoms with Crippen molar-refractivity contribution < 1.29 is 0 Å². The summed E-state index contributed by atoms with van der Waals surface area (Å²) in [5.41, 5.74) is 8.12. The number of rotatable bonds is 1. The van der Waals surface area contributed by atoms with Crippen molar-refractivity contribution in [3.05, 3.63) is 29.8 Å². The van der Waals surface area contributed by atoms with Gasteiger partial charge in [0.05, 0.1) is 0 Å². The highest BCUT2D eigenvalue weighted by Gasteiger charge is 2.17. The second kappa shape index (κ2) is 3.15. The van der Waals surface area contributed by atoms with Crippen LogP contribution in [0.2, 0.25) is 0 Å². The van der Waals surface area contributed by atoms with E-state index in [2.05, 4.69) is 17.4 Å². The van der Waals surface area contributed by atoms with Gasteiger partial charge in [-0.2, -0.15) is 0 Å². The van der Waals surface area contributed by atoms with E-state index in [-0.39, 0.29) is 0 Å². The highest BCUT2D eigenvalue weighted by Crippen LogP contribution is 2.26. The maximum atomic E-state index is 5.87. The quantitative estimate of drug-likeness (QED) is 0.612. The van der Waals surface area contributed by atoms with Gasteiger partial charge in [0.25, 0.3) is 0 Å². The molecule has 3 N–H and O–H groups in total. The summed E-state index contributed by atoms with van der Waals surface area (Å²) in [6, 6.07) is 8.16. The fourth-order valence-corrected chi connectivity index (χ4v) is 1.80. The summed E-state index contributed by atoms with van der Waals surface area (Å²) in [5.74, 6) is 0.631. The van der Waals surface area contributed by atoms with E-state index in [9.17, 15) is 0 Å². The van der Waals surface area contributed by atoms with Gasteiger partial charge in [-0.25, -0.2) is 0 Å². The van der Waals surface area contributed by atoms with Crippen molar-refractivity contribution in [1.29, 1.82) is 0 Å². The van der Waals surface area contributed by atoms with Crippen LogP contribution in [-0.4, -0.2) is 13.1 Å². The molecule has 1 aliphatic rings. The molecule has 1 aromatic rings. The zero-order valence-electron chi connectivity index (χ0n) is 7.09. The molecule has 1 unspecified atom stereocenters. The van der Waals surface area contributed by atoms with Gasteiger partial charge in [0.2, 0.25) is 0 Å². The minimum absolute atomic E-state index is 0.631. The van der Waals surface area contributed by atoms with E-state index < -0.39 is 0 Å². The number of hydrogen-bond donors (Lipinski definition) is 2. The predicted molar refractivity (Wildman–Crippen MR) is 51.1 cm³/mol. The fraction of sp³-hybridized carbons (Fsp3) is 0.400. The standard InChI is InChI=1S/C10H14N2/c11-10-4-2-1-3-9(10)8-5-6-12-7-8/h1-4,8,12H,5-7,11H2. The van der Waals surface area contributed by atoms with E-state index in [0.717, 1.165) is 18.8 Å². The van der Waals surface area contributed by atoms with Crippen molar-refractivity contribution in [2.24, 2.45) is 0 Å². The molecule has 0 radical (unpaired) electrons. The van der Waals surface area contributed by atoms with Crippen LogP contribution in [0.3, 0.4) is 0 Å². The number of nitrogens with one attached hydrogen (secondary N) is 1. The molecule has 1 saturated heterocycles. The van der Waals surface area contributed by atoms with E-state index in [4.69, 9.17) is 5.73 Å².